The van der Waals surface area contributed by atoms with Crippen molar-refractivity contribution in [3.05, 3.63) is 30.1 Å². The third-order valence-corrected chi connectivity index (χ3v) is 8.59. The second-order valence-electron chi connectivity index (χ2n) is 8.61. The van der Waals surface area contributed by atoms with Crippen LogP contribution in [0, 0.1) is 5.82 Å². The van der Waals surface area contributed by atoms with Gasteiger partial charge < -0.3 is 15.1 Å². The maximum absolute atomic E-state index is 14.0. The van der Waals surface area contributed by atoms with E-state index in [1.165, 1.54) is 6.07 Å². The molecule has 0 aliphatic carbocycles. The molecular weight excluding hydrogens is 405 g/mol. The van der Waals surface area contributed by atoms with Crippen molar-refractivity contribution in [1.29, 1.82) is 0 Å². The number of sulfone groups is 1. The van der Waals surface area contributed by atoms with Crippen molar-refractivity contribution >= 4 is 21.5 Å². The van der Waals surface area contributed by atoms with Crippen LogP contribution in [0.15, 0.2) is 29.3 Å². The monoisotopic (exact) mass is 439 g/mol. The maximum atomic E-state index is 14.0. The molecule has 9 heteroatoms. The third-order valence-electron chi connectivity index (χ3n) is 6.05. The molecule has 1 aromatic carbocycles. The molecule has 0 spiro atoms. The molecule has 0 aromatic heterocycles. The molecule has 2 saturated heterocycles. The Hall–Kier alpha value is -1.87. The van der Waals surface area contributed by atoms with Crippen molar-refractivity contribution in [3.8, 4) is 0 Å². The van der Waals surface area contributed by atoms with Crippen LogP contribution in [0.4, 0.5) is 10.1 Å². The van der Waals surface area contributed by atoms with Gasteiger partial charge in [0.25, 0.3) is 0 Å². The van der Waals surface area contributed by atoms with E-state index < -0.39 is 14.6 Å². The van der Waals surface area contributed by atoms with Crippen LogP contribution in [0.2, 0.25) is 0 Å². The Morgan fingerprint density at radius 2 is 1.87 bits per heavy atom. The lowest BCUT2D eigenvalue weighted by Gasteiger charge is -2.39. The van der Waals surface area contributed by atoms with Crippen LogP contribution in [-0.4, -0.2) is 94.1 Å². The molecule has 1 aromatic rings. The van der Waals surface area contributed by atoms with E-state index in [4.69, 9.17) is 0 Å². The minimum absolute atomic E-state index is 0.157. The van der Waals surface area contributed by atoms with Crippen molar-refractivity contribution in [3.63, 3.8) is 0 Å². The molecule has 0 saturated carbocycles. The summed E-state index contributed by atoms with van der Waals surface area (Å²) < 4.78 is 37.6. The quantitative estimate of drug-likeness (QED) is 0.425. The number of hydrogen-bond acceptors (Lipinski definition) is 5. The van der Waals surface area contributed by atoms with Crippen LogP contribution in [0.3, 0.4) is 0 Å². The number of rotatable bonds is 5. The molecule has 0 amide bonds. The van der Waals surface area contributed by atoms with Crippen molar-refractivity contribution in [1.82, 2.24) is 15.1 Å². The Bertz CT molecular complexity index is 851. The summed E-state index contributed by atoms with van der Waals surface area (Å²) in [4.78, 5) is 10.9. The number of para-hydroxylation sites is 1. The number of hydrogen-bond donors (Lipinski definition) is 1. The number of nitrogens with one attached hydrogen (secondary N) is 1. The first-order valence-electron chi connectivity index (χ1n) is 10.6. The van der Waals surface area contributed by atoms with Gasteiger partial charge in [-0.1, -0.05) is 12.1 Å². The number of aliphatic imine (C=N–C) groups is 1. The Kier molecular flexibility index (Phi) is 7.23. The minimum Gasteiger partial charge on any atom is -0.367 e. The lowest BCUT2D eigenvalue weighted by molar-refractivity contribution is 0.254. The van der Waals surface area contributed by atoms with Gasteiger partial charge in [0.1, 0.15) is 5.82 Å². The maximum Gasteiger partial charge on any atom is 0.193 e. The average molecular weight is 440 g/mol. The number of nitrogens with zero attached hydrogens (tertiary/aromatic N) is 4. The van der Waals surface area contributed by atoms with Crippen molar-refractivity contribution in [2.75, 3.05) is 70.1 Å². The van der Waals surface area contributed by atoms with Gasteiger partial charge in [-0.3, -0.25) is 9.89 Å². The van der Waals surface area contributed by atoms with Crippen molar-refractivity contribution in [2.45, 2.75) is 25.0 Å². The van der Waals surface area contributed by atoms with Gasteiger partial charge >= 0.3 is 0 Å². The number of halogens is 1. The van der Waals surface area contributed by atoms with E-state index >= 15 is 0 Å². The number of guanidine groups is 1. The zero-order valence-corrected chi connectivity index (χ0v) is 19.1. The molecule has 2 aliphatic rings. The Morgan fingerprint density at radius 1 is 1.17 bits per heavy atom. The van der Waals surface area contributed by atoms with E-state index in [1.807, 2.05) is 17.0 Å². The fourth-order valence-electron chi connectivity index (χ4n) is 4.08. The smallest absolute Gasteiger partial charge is 0.193 e. The van der Waals surface area contributed by atoms with E-state index in [1.54, 1.807) is 27.0 Å². The molecular formula is C21H34FN5O2S. The summed E-state index contributed by atoms with van der Waals surface area (Å²) in [5.41, 5.74) is 0.689. The topological polar surface area (TPSA) is 68.2 Å². The largest absolute Gasteiger partial charge is 0.367 e. The summed E-state index contributed by atoms with van der Waals surface area (Å²) in [5, 5.41) is 3.38. The predicted octanol–water partition coefficient (Wildman–Crippen LogP) is 1.42. The number of benzene rings is 1. The molecule has 168 valence electrons. The van der Waals surface area contributed by atoms with Gasteiger partial charge in [-0.15, -0.1) is 0 Å². The first-order valence-corrected chi connectivity index (χ1v) is 12.3. The SMILES string of the molecule is CN=C(NCCCN1CCN(c2ccccc2F)CC1)N1CCS(=O)(=O)C(C)(C)C1. The molecule has 0 radical (unpaired) electrons. The molecule has 2 fully saturated rings. The van der Waals surface area contributed by atoms with E-state index in [-0.39, 0.29) is 11.6 Å². The summed E-state index contributed by atoms with van der Waals surface area (Å²) in [6.07, 6.45) is 0.967. The van der Waals surface area contributed by atoms with Crippen LogP contribution in [0.25, 0.3) is 0 Å². The minimum atomic E-state index is -3.06. The second-order valence-corrected chi connectivity index (χ2v) is 11.4. The average Bonchev–Trinajstić information content (AvgIpc) is 2.71. The molecule has 7 nitrogen and oxygen atoms in total. The lowest BCUT2D eigenvalue weighted by atomic mass is 10.2. The van der Waals surface area contributed by atoms with Gasteiger partial charge in [-0.2, -0.15) is 0 Å². The van der Waals surface area contributed by atoms with E-state index in [0.717, 1.165) is 51.6 Å². The lowest BCUT2D eigenvalue weighted by Crippen LogP contribution is -2.57. The summed E-state index contributed by atoms with van der Waals surface area (Å²) in [7, 11) is -1.32. The highest BCUT2D eigenvalue weighted by Crippen LogP contribution is 2.24. The van der Waals surface area contributed by atoms with Crippen LogP contribution in [0.1, 0.15) is 20.3 Å². The van der Waals surface area contributed by atoms with Gasteiger partial charge in [0.2, 0.25) is 0 Å². The molecule has 1 N–H and O–H groups in total. The molecule has 0 bridgehead atoms. The van der Waals surface area contributed by atoms with Crippen LogP contribution >= 0.6 is 0 Å². The van der Waals surface area contributed by atoms with E-state index in [2.05, 4.69) is 20.1 Å². The van der Waals surface area contributed by atoms with Crippen molar-refractivity contribution < 1.29 is 12.8 Å². The molecule has 0 unspecified atom stereocenters. The molecule has 30 heavy (non-hydrogen) atoms. The van der Waals surface area contributed by atoms with Gasteiger partial charge in [0.05, 0.1) is 16.2 Å². The Balaban J connectivity index is 1.39. The summed E-state index contributed by atoms with van der Waals surface area (Å²) >= 11 is 0. The fourth-order valence-corrected chi connectivity index (χ4v) is 5.45. The van der Waals surface area contributed by atoms with Gasteiger partial charge in [0, 0.05) is 52.9 Å². The highest BCUT2D eigenvalue weighted by Gasteiger charge is 2.40. The molecule has 0 atom stereocenters. The predicted molar refractivity (Wildman–Crippen MR) is 120 cm³/mol. The zero-order valence-electron chi connectivity index (χ0n) is 18.3. The number of anilines is 1. The van der Waals surface area contributed by atoms with E-state index in [0.29, 0.717) is 18.8 Å². The van der Waals surface area contributed by atoms with Crippen LogP contribution in [-0.2, 0) is 9.84 Å². The van der Waals surface area contributed by atoms with Crippen LogP contribution in [0.5, 0.6) is 0 Å². The highest BCUT2D eigenvalue weighted by atomic mass is 32.2. The summed E-state index contributed by atoms with van der Waals surface area (Å²) in [5.74, 6) is 0.769. The van der Waals surface area contributed by atoms with Gasteiger partial charge in [-0.25, -0.2) is 12.8 Å². The molecule has 2 heterocycles. The first-order chi connectivity index (χ1) is 14.2. The van der Waals surface area contributed by atoms with Gasteiger partial charge in [0.15, 0.2) is 15.8 Å². The third kappa shape index (κ3) is 5.24. The molecule has 2 aliphatic heterocycles. The summed E-state index contributed by atoms with van der Waals surface area (Å²) in [6, 6.07) is 6.95. The van der Waals surface area contributed by atoms with Crippen LogP contribution < -0.4 is 10.2 Å². The standard InChI is InChI=1S/C21H34FN5O2S/c1-21(2)17-27(15-16-30(21,28)29)20(23-3)24-9-6-10-25-11-13-26(14-12-25)19-8-5-4-7-18(19)22/h4-5,7-8H,6,9-17H2,1-3H3,(H,23,24). The van der Waals surface area contributed by atoms with E-state index in [9.17, 15) is 12.8 Å². The fraction of sp³-hybridized carbons (Fsp3) is 0.667. The zero-order chi connectivity index (χ0) is 21.8. The Morgan fingerprint density at radius 3 is 2.50 bits per heavy atom. The Labute approximate surface area is 179 Å². The van der Waals surface area contributed by atoms with Crippen molar-refractivity contribution in [2.24, 2.45) is 4.99 Å². The van der Waals surface area contributed by atoms with Gasteiger partial charge in [-0.05, 0) is 38.9 Å². The second kappa shape index (κ2) is 9.51. The summed E-state index contributed by atoms with van der Waals surface area (Å²) in [6.45, 7) is 9.73. The first kappa shape index (κ1) is 22.8. The number of piperazine rings is 1. The molecule has 3 rings (SSSR count). The highest BCUT2D eigenvalue weighted by molar-refractivity contribution is 7.92. The normalized spacial score (nSPS) is 22.2.